The summed E-state index contributed by atoms with van der Waals surface area (Å²) in [6, 6.07) is 21.2. The van der Waals surface area contributed by atoms with E-state index in [-0.39, 0.29) is 18.3 Å². The van der Waals surface area contributed by atoms with Crippen LogP contribution in [-0.2, 0) is 11.2 Å². The molecule has 4 aromatic rings. The zero-order chi connectivity index (χ0) is 27.8. The van der Waals surface area contributed by atoms with Crippen LogP contribution >= 0.6 is 46.7 Å². The van der Waals surface area contributed by atoms with E-state index in [1.165, 1.54) is 25.8 Å². The predicted octanol–water partition coefficient (Wildman–Crippen LogP) is 8.01. The zero-order valence-corrected chi connectivity index (χ0v) is 25.5. The molecule has 2 aliphatic heterocycles. The number of pyridine rings is 1. The number of esters is 1. The third-order valence-corrected chi connectivity index (χ3v) is 10.0. The Hall–Kier alpha value is -2.42. The van der Waals surface area contributed by atoms with Gasteiger partial charge in [-0.1, -0.05) is 53.2 Å². The summed E-state index contributed by atoms with van der Waals surface area (Å²) in [7, 11) is 0. The quantitative estimate of drug-likeness (QED) is 0.168. The van der Waals surface area contributed by atoms with Crippen LogP contribution in [0.3, 0.4) is 0 Å². The second-order valence-electron chi connectivity index (χ2n) is 9.89. The van der Waals surface area contributed by atoms with Gasteiger partial charge in [0.15, 0.2) is 5.69 Å². The number of hydrogen-bond donors (Lipinski definition) is 0. The lowest BCUT2D eigenvalue weighted by molar-refractivity contribution is 0.0520. The molecule has 40 heavy (non-hydrogen) atoms. The third-order valence-electron chi connectivity index (χ3n) is 7.57. The number of rotatable bonds is 5. The van der Waals surface area contributed by atoms with Gasteiger partial charge in [0.25, 0.3) is 0 Å². The number of thioether (sulfide) groups is 1. The molecule has 5 nitrogen and oxygen atoms in total. The second kappa shape index (κ2) is 11.8. The number of fused-ring (bicyclic) bond motifs is 3. The number of nitrogens with zero attached hydrogens (tertiary/aromatic N) is 3. The van der Waals surface area contributed by atoms with E-state index in [0.29, 0.717) is 15.6 Å². The molecule has 206 valence electrons. The number of ether oxygens (including phenoxy) is 1. The maximum absolute atomic E-state index is 12.7. The first-order valence-corrected chi connectivity index (χ1v) is 16.1. The van der Waals surface area contributed by atoms with Crippen LogP contribution in [0.2, 0.25) is 10.0 Å². The average Bonchev–Trinajstić information content (AvgIpc) is 3.13. The largest absolute Gasteiger partial charge is 0.461 e. The van der Waals surface area contributed by atoms with Gasteiger partial charge in [-0.2, -0.15) is 0 Å². The Balaban J connectivity index is 1.33. The summed E-state index contributed by atoms with van der Waals surface area (Å²) in [6.07, 6.45) is 3.11. The van der Waals surface area contributed by atoms with Gasteiger partial charge in [-0.05, 0) is 73.2 Å². The smallest absolute Gasteiger partial charge is 0.357 e. The Kier molecular flexibility index (Phi) is 8.20. The summed E-state index contributed by atoms with van der Waals surface area (Å²) in [4.78, 5) is 26.1. The van der Waals surface area contributed by atoms with Gasteiger partial charge in [0.05, 0.1) is 22.8 Å². The summed E-state index contributed by atoms with van der Waals surface area (Å²) < 4.78 is 5.27. The lowest BCUT2D eigenvalue weighted by Gasteiger charge is -2.41. The molecule has 3 aromatic carbocycles. The fourth-order valence-corrected chi connectivity index (χ4v) is 7.78. The van der Waals surface area contributed by atoms with Crippen LogP contribution in [0.15, 0.2) is 75.4 Å². The monoisotopic (exact) mass is 609 g/mol. The van der Waals surface area contributed by atoms with Gasteiger partial charge in [-0.15, -0.1) is 11.8 Å². The fraction of sp³-hybridized carbons (Fsp3) is 0.290. The van der Waals surface area contributed by atoms with Crippen LogP contribution in [0.4, 0.5) is 5.69 Å². The highest BCUT2D eigenvalue weighted by Gasteiger charge is 2.31. The molecular weight excluding hydrogens is 581 g/mol. The van der Waals surface area contributed by atoms with E-state index in [0.717, 1.165) is 43.7 Å². The Morgan fingerprint density at radius 3 is 2.62 bits per heavy atom. The summed E-state index contributed by atoms with van der Waals surface area (Å²) in [6.45, 7) is 5.42. The van der Waals surface area contributed by atoms with Gasteiger partial charge < -0.3 is 9.64 Å². The minimum atomic E-state index is -0.448. The number of benzene rings is 3. The maximum atomic E-state index is 12.7. The predicted molar refractivity (Wildman–Crippen MR) is 167 cm³/mol. The molecular formula is C31H29Cl2N3O2S2. The lowest BCUT2D eigenvalue weighted by atomic mass is 9.96. The number of aromatic nitrogens is 1. The van der Waals surface area contributed by atoms with Crippen molar-refractivity contribution in [2.75, 3.05) is 43.9 Å². The molecule has 0 spiro atoms. The minimum absolute atomic E-state index is 0.265. The van der Waals surface area contributed by atoms with Crippen molar-refractivity contribution in [2.45, 2.75) is 34.1 Å². The van der Waals surface area contributed by atoms with Crippen molar-refractivity contribution in [1.29, 1.82) is 0 Å². The average molecular weight is 611 g/mol. The summed E-state index contributed by atoms with van der Waals surface area (Å²) in [5.74, 6) is -0.448. The number of carbonyl (C=O) groups is 1. The molecule has 3 heterocycles. The molecule has 0 radical (unpaired) electrons. The third kappa shape index (κ3) is 5.42. The summed E-state index contributed by atoms with van der Waals surface area (Å²) in [5, 5.41) is 1.82. The molecule has 2 aliphatic rings. The molecule has 0 amide bonds. The standard InChI is InChI=1S/C31H29Cl2N3O2S2/c1-3-38-31(37)25-18-27(30-23(33)15-20(32)16-24(30)34-25)36-12-10-35(11-13-36)26-14-19-6-4-5-7-28(19)40-29-9-8-21(39-2)17-22(26)29/h4-9,15-18,26H,3,10-14H2,1-2H3/t26-/m1/s1. The Labute approximate surface area is 253 Å². The molecule has 1 fully saturated rings. The molecule has 1 atom stereocenters. The molecule has 9 heteroatoms. The molecule has 0 saturated carbocycles. The Morgan fingerprint density at radius 2 is 1.85 bits per heavy atom. The normalized spacial score (nSPS) is 17.3. The van der Waals surface area contributed by atoms with E-state index < -0.39 is 5.97 Å². The van der Waals surface area contributed by atoms with Crippen molar-refractivity contribution in [2.24, 2.45) is 0 Å². The van der Waals surface area contributed by atoms with E-state index >= 15 is 0 Å². The number of anilines is 1. The fourth-order valence-electron chi connectivity index (χ4n) is 5.64. The molecule has 0 bridgehead atoms. The first-order valence-electron chi connectivity index (χ1n) is 13.3. The van der Waals surface area contributed by atoms with Crippen LogP contribution in [0.25, 0.3) is 10.9 Å². The van der Waals surface area contributed by atoms with Gasteiger partial charge >= 0.3 is 5.97 Å². The van der Waals surface area contributed by atoms with Crippen LogP contribution in [-0.4, -0.2) is 54.9 Å². The molecule has 0 aliphatic carbocycles. The maximum Gasteiger partial charge on any atom is 0.357 e. The number of piperazine rings is 1. The highest BCUT2D eigenvalue weighted by molar-refractivity contribution is 7.99. The SMILES string of the molecule is CCOC(=O)c1cc(N2CCN([C@@H]3Cc4ccccc4Sc4ccc(SC)cc43)CC2)c2c(Cl)cc(Cl)cc2n1. The lowest BCUT2D eigenvalue weighted by Crippen LogP contribution is -2.48. The van der Waals surface area contributed by atoms with Crippen molar-refractivity contribution in [3.05, 3.63) is 87.5 Å². The second-order valence-corrected chi connectivity index (χ2v) is 12.7. The number of hydrogen-bond acceptors (Lipinski definition) is 7. The van der Waals surface area contributed by atoms with E-state index in [1.54, 1.807) is 30.8 Å². The first-order chi connectivity index (χ1) is 19.4. The molecule has 0 N–H and O–H groups in total. The van der Waals surface area contributed by atoms with Crippen molar-refractivity contribution in [3.8, 4) is 0 Å². The van der Waals surface area contributed by atoms with E-state index in [1.807, 2.05) is 17.8 Å². The Bertz CT molecular complexity index is 1590. The van der Waals surface area contributed by atoms with Crippen LogP contribution in [0.5, 0.6) is 0 Å². The molecule has 1 saturated heterocycles. The number of carbonyl (C=O) groups excluding carboxylic acids is 1. The van der Waals surface area contributed by atoms with Gasteiger partial charge in [0.2, 0.25) is 0 Å². The van der Waals surface area contributed by atoms with E-state index in [9.17, 15) is 4.79 Å². The van der Waals surface area contributed by atoms with Gasteiger partial charge in [-0.25, -0.2) is 9.78 Å². The van der Waals surface area contributed by atoms with Crippen molar-refractivity contribution < 1.29 is 9.53 Å². The van der Waals surface area contributed by atoms with Crippen LogP contribution < -0.4 is 4.90 Å². The van der Waals surface area contributed by atoms with Gasteiger partial charge in [0, 0.05) is 57.3 Å². The van der Waals surface area contributed by atoms with E-state index in [4.69, 9.17) is 27.9 Å². The van der Waals surface area contributed by atoms with E-state index in [2.05, 4.69) is 63.5 Å². The number of halogens is 2. The molecule has 6 rings (SSSR count). The zero-order valence-electron chi connectivity index (χ0n) is 22.3. The van der Waals surface area contributed by atoms with Crippen molar-refractivity contribution >= 4 is 69.3 Å². The van der Waals surface area contributed by atoms with Crippen molar-refractivity contribution in [1.82, 2.24) is 9.88 Å². The van der Waals surface area contributed by atoms with Gasteiger partial charge in [0.1, 0.15) is 0 Å². The van der Waals surface area contributed by atoms with Crippen molar-refractivity contribution in [3.63, 3.8) is 0 Å². The topological polar surface area (TPSA) is 45.7 Å². The first kappa shape index (κ1) is 27.7. The highest BCUT2D eigenvalue weighted by Crippen LogP contribution is 2.44. The van der Waals surface area contributed by atoms with Gasteiger partial charge in [-0.3, -0.25) is 4.90 Å². The molecule has 1 aromatic heterocycles. The molecule has 0 unspecified atom stereocenters. The highest BCUT2D eigenvalue weighted by atomic mass is 35.5. The van der Waals surface area contributed by atoms with Crippen LogP contribution in [0, 0.1) is 0 Å². The minimum Gasteiger partial charge on any atom is -0.461 e. The summed E-state index contributed by atoms with van der Waals surface area (Å²) in [5.41, 5.74) is 4.54. The Morgan fingerprint density at radius 1 is 1.05 bits per heavy atom. The summed E-state index contributed by atoms with van der Waals surface area (Å²) >= 11 is 16.7. The van der Waals surface area contributed by atoms with Crippen LogP contribution in [0.1, 0.15) is 34.6 Å².